The van der Waals surface area contributed by atoms with Gasteiger partial charge in [-0.05, 0) is 43.3 Å². The van der Waals surface area contributed by atoms with Gasteiger partial charge in [-0.3, -0.25) is 4.79 Å². The summed E-state index contributed by atoms with van der Waals surface area (Å²) >= 11 is 0. The van der Waals surface area contributed by atoms with Gasteiger partial charge in [0.25, 0.3) is 0 Å². The van der Waals surface area contributed by atoms with Crippen molar-refractivity contribution in [3.63, 3.8) is 0 Å². The first-order chi connectivity index (χ1) is 21.7. The van der Waals surface area contributed by atoms with Crippen LogP contribution in [0.5, 0.6) is 0 Å². The summed E-state index contributed by atoms with van der Waals surface area (Å²) in [6, 6.07) is 0. The van der Waals surface area contributed by atoms with E-state index in [9.17, 15) is 30.0 Å². The lowest BCUT2D eigenvalue weighted by Gasteiger charge is -2.52. The third-order valence-electron chi connectivity index (χ3n) is 12.0. The molecule has 0 aromatic carbocycles. The van der Waals surface area contributed by atoms with Gasteiger partial charge in [0.1, 0.15) is 22.9 Å². The number of nitrogens with zero attached hydrogens (tertiary/aromatic N) is 1. The number of aryl methyl sites for hydroxylation is 2. The zero-order valence-corrected chi connectivity index (χ0v) is 28.5. The molecule has 4 N–H and O–H groups in total. The van der Waals surface area contributed by atoms with Gasteiger partial charge in [-0.25, -0.2) is 4.79 Å². The Morgan fingerprint density at radius 3 is 2.41 bits per heavy atom. The van der Waals surface area contributed by atoms with Crippen LogP contribution in [-0.2, 0) is 27.1 Å². The molecule has 2 saturated carbocycles. The molecule has 10 heteroatoms. The van der Waals surface area contributed by atoms with Gasteiger partial charge in [-0.1, -0.05) is 84.5 Å². The molecule has 5 rings (SSSR count). The van der Waals surface area contributed by atoms with E-state index in [4.69, 9.17) is 14.0 Å². The predicted octanol–water partition coefficient (Wildman–Crippen LogP) is 4.61. The molecule has 1 unspecified atom stereocenters. The number of hydrogen-bond acceptors (Lipinski definition) is 10. The number of ether oxygens (including phenoxy) is 2. The van der Waals surface area contributed by atoms with E-state index < -0.39 is 64.8 Å². The van der Waals surface area contributed by atoms with Gasteiger partial charge >= 0.3 is 11.9 Å². The van der Waals surface area contributed by atoms with Crippen molar-refractivity contribution in [2.24, 2.45) is 28.6 Å². The van der Waals surface area contributed by atoms with Crippen LogP contribution in [0.25, 0.3) is 0 Å². The lowest BCUT2D eigenvalue weighted by atomic mass is 9.58. The molecule has 1 aromatic rings. The van der Waals surface area contributed by atoms with Crippen molar-refractivity contribution in [3.8, 4) is 0 Å². The van der Waals surface area contributed by atoms with E-state index in [1.807, 2.05) is 34.6 Å². The third kappa shape index (κ3) is 4.84. The van der Waals surface area contributed by atoms with Crippen molar-refractivity contribution in [3.05, 3.63) is 40.3 Å². The molecule has 4 aliphatic carbocycles. The van der Waals surface area contributed by atoms with Gasteiger partial charge in [0.2, 0.25) is 0 Å². The second-order valence-corrected chi connectivity index (χ2v) is 14.7. The molecule has 0 aliphatic heterocycles. The normalized spacial score (nSPS) is 37.3. The maximum atomic E-state index is 13.8. The van der Waals surface area contributed by atoms with Crippen LogP contribution in [0.3, 0.4) is 0 Å². The highest BCUT2D eigenvalue weighted by molar-refractivity contribution is 5.92. The first-order valence-electron chi connectivity index (χ1n) is 17.2. The minimum atomic E-state index is -2.24. The Hall–Kier alpha value is -2.53. The van der Waals surface area contributed by atoms with E-state index in [0.717, 1.165) is 32.1 Å². The van der Waals surface area contributed by atoms with Crippen LogP contribution in [0.1, 0.15) is 115 Å². The summed E-state index contributed by atoms with van der Waals surface area (Å²) in [5.41, 5.74) is -3.96. The van der Waals surface area contributed by atoms with Crippen LogP contribution in [0.4, 0.5) is 0 Å². The number of fused-ring (bicyclic) bond motifs is 3. The number of unbranched alkanes of at least 4 members (excludes halogenated alkanes) is 4. The highest BCUT2D eigenvalue weighted by Gasteiger charge is 2.83. The molecule has 46 heavy (non-hydrogen) atoms. The first kappa shape index (κ1) is 34.8. The molecule has 10 nitrogen and oxygen atoms in total. The van der Waals surface area contributed by atoms with Crippen LogP contribution < -0.4 is 0 Å². The van der Waals surface area contributed by atoms with Crippen molar-refractivity contribution in [2.75, 3.05) is 6.61 Å². The molecule has 0 saturated heterocycles. The first-order valence-corrected chi connectivity index (χ1v) is 17.2. The second kappa shape index (κ2) is 12.5. The summed E-state index contributed by atoms with van der Waals surface area (Å²) in [5.74, 6) is -2.20. The fraction of sp³-hybridized carbons (Fsp3) is 0.750. The fourth-order valence-corrected chi connectivity index (χ4v) is 9.57. The Labute approximate surface area is 272 Å². The quantitative estimate of drug-likeness (QED) is 0.144. The van der Waals surface area contributed by atoms with E-state index in [-0.39, 0.29) is 23.0 Å². The van der Waals surface area contributed by atoms with Crippen molar-refractivity contribution in [2.45, 2.75) is 136 Å². The minimum Gasteiger partial charge on any atom is -0.458 e. The third-order valence-corrected chi connectivity index (χ3v) is 12.0. The number of rotatable bonds is 12. The highest BCUT2D eigenvalue weighted by atomic mass is 16.6. The number of carbonyl (C=O) groups excluding carboxylic acids is 2. The molecule has 1 aromatic heterocycles. The van der Waals surface area contributed by atoms with Crippen molar-refractivity contribution in [1.29, 1.82) is 0 Å². The molecule has 0 radical (unpaired) electrons. The minimum absolute atomic E-state index is 0.124. The summed E-state index contributed by atoms with van der Waals surface area (Å²) in [7, 11) is 0. The van der Waals surface area contributed by atoms with Crippen LogP contribution >= 0.6 is 0 Å². The number of aliphatic hydroxyl groups excluding tert-OH is 3. The van der Waals surface area contributed by atoms with Gasteiger partial charge in [-0.15, -0.1) is 0 Å². The highest BCUT2D eigenvalue weighted by Crippen LogP contribution is 2.76. The van der Waals surface area contributed by atoms with E-state index in [1.165, 1.54) is 0 Å². The zero-order chi connectivity index (χ0) is 33.8. The number of aromatic nitrogens is 1. The van der Waals surface area contributed by atoms with Crippen LogP contribution in [0.2, 0.25) is 0 Å². The van der Waals surface area contributed by atoms with Crippen molar-refractivity contribution in [1.82, 2.24) is 5.16 Å². The van der Waals surface area contributed by atoms with Crippen molar-refractivity contribution < 1.29 is 44.0 Å². The molecule has 256 valence electrons. The lowest BCUT2D eigenvalue weighted by molar-refractivity contribution is -0.217. The van der Waals surface area contributed by atoms with Gasteiger partial charge in [0.15, 0.2) is 11.9 Å². The molecular formula is C36H53NO9. The molecule has 1 heterocycles. The maximum Gasteiger partial charge on any atom is 0.344 e. The summed E-state index contributed by atoms with van der Waals surface area (Å²) < 4.78 is 17.9. The van der Waals surface area contributed by atoms with Gasteiger partial charge in [-0.2, -0.15) is 0 Å². The fourth-order valence-electron chi connectivity index (χ4n) is 9.57. The van der Waals surface area contributed by atoms with E-state index in [2.05, 4.69) is 12.1 Å². The molecule has 2 bridgehead atoms. The molecule has 4 aliphatic rings. The Morgan fingerprint density at radius 2 is 1.78 bits per heavy atom. The average molecular weight is 644 g/mol. The van der Waals surface area contributed by atoms with E-state index >= 15 is 0 Å². The molecule has 1 spiro atoms. The van der Waals surface area contributed by atoms with Gasteiger partial charge in [0, 0.05) is 30.1 Å². The number of aliphatic hydroxyl groups is 4. The predicted molar refractivity (Wildman–Crippen MR) is 170 cm³/mol. The van der Waals surface area contributed by atoms with Crippen LogP contribution in [0, 0.1) is 28.6 Å². The average Bonchev–Trinajstić information content (AvgIpc) is 3.27. The largest absolute Gasteiger partial charge is 0.458 e. The standard InChI is InChI=1S/C36H53NO9/c1-8-11-12-13-14-15-26(39)45-35-18-21(5)34-17-20(4)31(44-32(42)27-24(9-2)37-46-25(27)10-3)36(34,43)29(40)22(19-38)16-23(30(34)41)28(35)33(35,6)7/h16-17,21,23,28-31,38,40-41,43H,8-15,18-19H2,1-7H3/t21-,23+,28-,29-,30?,31+,34+,35+,36+/m1/s1. The summed E-state index contributed by atoms with van der Waals surface area (Å²) in [5, 5.41) is 51.9. The van der Waals surface area contributed by atoms with Gasteiger partial charge in [0.05, 0.1) is 23.8 Å². The number of esters is 2. The zero-order valence-electron chi connectivity index (χ0n) is 28.5. The second-order valence-electron chi connectivity index (χ2n) is 14.7. The molecule has 0 amide bonds. The van der Waals surface area contributed by atoms with E-state index in [1.54, 1.807) is 19.1 Å². The number of hydrogen-bond donors (Lipinski definition) is 4. The topological polar surface area (TPSA) is 160 Å². The van der Waals surface area contributed by atoms with Crippen LogP contribution in [0.15, 0.2) is 27.8 Å². The number of carbonyl (C=O) groups is 2. The SMILES string of the molecule is CCCCCCCC(=O)O[C@@]12C[C@@H](C)[C@]34C=C(C)[C@H](OC(=O)c5c(CC)noc5CC)[C@@]3(O)[C@H](O)C(CO)=C[C@H](C4O)[C@@H]1C2(C)C. The Morgan fingerprint density at radius 1 is 1.09 bits per heavy atom. The van der Waals surface area contributed by atoms with Crippen LogP contribution in [-0.4, -0.2) is 73.6 Å². The molecule has 9 atom stereocenters. The van der Waals surface area contributed by atoms with E-state index in [0.29, 0.717) is 42.7 Å². The summed E-state index contributed by atoms with van der Waals surface area (Å²) in [4.78, 5) is 27.1. The Bertz CT molecular complexity index is 1370. The van der Waals surface area contributed by atoms with Gasteiger partial charge < -0.3 is 34.4 Å². The summed E-state index contributed by atoms with van der Waals surface area (Å²) in [6.07, 6.45) is 5.62. The maximum absolute atomic E-state index is 13.8. The Balaban J connectivity index is 1.54. The molecular weight excluding hydrogens is 590 g/mol. The smallest absolute Gasteiger partial charge is 0.344 e. The lowest BCUT2D eigenvalue weighted by Crippen LogP contribution is -2.67. The van der Waals surface area contributed by atoms with Crippen molar-refractivity contribution >= 4 is 11.9 Å². The Kier molecular flexibility index (Phi) is 9.45. The monoisotopic (exact) mass is 643 g/mol. The summed E-state index contributed by atoms with van der Waals surface area (Å²) in [6.45, 7) is 12.9. The molecule has 2 fully saturated rings.